The van der Waals surface area contributed by atoms with E-state index in [0.29, 0.717) is 25.0 Å². The van der Waals surface area contributed by atoms with Gasteiger partial charge in [-0.1, -0.05) is 18.2 Å². The van der Waals surface area contributed by atoms with Crippen LogP contribution in [0, 0.1) is 0 Å². The number of rotatable bonds is 2. The first-order chi connectivity index (χ1) is 9.21. The van der Waals surface area contributed by atoms with Gasteiger partial charge in [-0.2, -0.15) is 0 Å². The summed E-state index contributed by atoms with van der Waals surface area (Å²) in [5, 5.41) is 0. The van der Waals surface area contributed by atoms with E-state index in [2.05, 4.69) is 0 Å². The molecule has 0 aromatic heterocycles. The first-order valence-electron chi connectivity index (χ1n) is 6.72. The second kappa shape index (κ2) is 4.97. The molecule has 2 aliphatic rings. The Labute approximate surface area is 117 Å². The summed E-state index contributed by atoms with van der Waals surface area (Å²) in [7, 11) is 0. The molecule has 19 heavy (non-hydrogen) atoms. The van der Waals surface area contributed by atoms with Crippen molar-refractivity contribution < 1.29 is 9.59 Å². The Bertz CT molecular complexity index is 547. The van der Waals surface area contributed by atoms with Gasteiger partial charge >= 0.3 is 0 Å². The number of allylic oxidation sites excluding steroid dienone is 1. The number of Topliss-reactive ketones (excluding diaryl/α,β-unsaturated/α-hetero) is 1. The van der Waals surface area contributed by atoms with Gasteiger partial charge in [0.2, 0.25) is 0 Å². The predicted octanol–water partition coefficient (Wildman–Crippen LogP) is 3.56. The molecular weight excluding hydrogens is 256 g/mol. The zero-order chi connectivity index (χ0) is 13.3. The van der Waals surface area contributed by atoms with Crippen molar-refractivity contribution in [1.82, 2.24) is 0 Å². The SMILES string of the molecule is O=C1C=C2CCCC(=O)[C@]2(Sc2ccccc2)CC1. The minimum atomic E-state index is -0.465. The fraction of sp³-hybridized carbons (Fsp3) is 0.375. The Morgan fingerprint density at radius 1 is 1.00 bits per heavy atom. The number of fused-ring (bicyclic) bond motifs is 1. The topological polar surface area (TPSA) is 34.1 Å². The summed E-state index contributed by atoms with van der Waals surface area (Å²) in [6.45, 7) is 0. The van der Waals surface area contributed by atoms with E-state index in [1.54, 1.807) is 17.8 Å². The Morgan fingerprint density at radius 3 is 2.58 bits per heavy atom. The zero-order valence-corrected chi connectivity index (χ0v) is 11.5. The van der Waals surface area contributed by atoms with E-state index in [4.69, 9.17) is 0 Å². The minimum absolute atomic E-state index is 0.175. The lowest BCUT2D eigenvalue weighted by Gasteiger charge is -2.39. The number of ketones is 2. The fourth-order valence-electron chi connectivity index (χ4n) is 2.94. The molecule has 0 aliphatic heterocycles. The van der Waals surface area contributed by atoms with Crippen LogP contribution in [0.5, 0.6) is 0 Å². The number of carbonyl (C=O) groups is 2. The molecule has 3 heteroatoms. The highest BCUT2D eigenvalue weighted by Gasteiger charge is 2.46. The Kier molecular flexibility index (Phi) is 3.31. The summed E-state index contributed by atoms with van der Waals surface area (Å²) in [5.41, 5.74) is 1.05. The molecule has 1 fully saturated rings. The van der Waals surface area contributed by atoms with Crippen LogP contribution in [0.3, 0.4) is 0 Å². The predicted molar refractivity (Wildman–Crippen MR) is 76.2 cm³/mol. The van der Waals surface area contributed by atoms with Crippen LogP contribution in [-0.2, 0) is 9.59 Å². The summed E-state index contributed by atoms with van der Waals surface area (Å²) < 4.78 is -0.465. The van der Waals surface area contributed by atoms with E-state index in [1.165, 1.54) is 0 Å². The van der Waals surface area contributed by atoms with Crippen molar-refractivity contribution in [3.63, 3.8) is 0 Å². The van der Waals surface area contributed by atoms with E-state index in [0.717, 1.165) is 23.3 Å². The third kappa shape index (κ3) is 2.27. The second-order valence-electron chi connectivity index (χ2n) is 5.15. The number of thioether (sulfide) groups is 1. The van der Waals surface area contributed by atoms with Gasteiger partial charge < -0.3 is 0 Å². The average molecular weight is 272 g/mol. The van der Waals surface area contributed by atoms with Crippen LogP contribution >= 0.6 is 11.8 Å². The van der Waals surface area contributed by atoms with Gasteiger partial charge in [-0.05, 0) is 43.0 Å². The number of carbonyl (C=O) groups excluding carboxylic acids is 2. The van der Waals surface area contributed by atoms with Crippen LogP contribution in [0.2, 0.25) is 0 Å². The van der Waals surface area contributed by atoms with Gasteiger partial charge in [-0.15, -0.1) is 11.8 Å². The largest absolute Gasteiger partial charge is 0.298 e. The molecule has 0 amide bonds. The lowest BCUT2D eigenvalue weighted by atomic mass is 9.75. The van der Waals surface area contributed by atoms with E-state index in [-0.39, 0.29) is 5.78 Å². The molecule has 1 aromatic rings. The molecule has 3 rings (SSSR count). The molecule has 0 N–H and O–H groups in total. The molecular formula is C16H16O2S. The second-order valence-corrected chi connectivity index (χ2v) is 6.53. The maximum absolute atomic E-state index is 12.5. The summed E-state index contributed by atoms with van der Waals surface area (Å²) in [5.74, 6) is 0.473. The lowest BCUT2D eigenvalue weighted by Crippen LogP contribution is -2.43. The molecule has 1 aromatic carbocycles. The van der Waals surface area contributed by atoms with Crippen LogP contribution in [0.4, 0.5) is 0 Å². The molecule has 0 saturated heterocycles. The third-order valence-electron chi connectivity index (χ3n) is 3.91. The molecule has 0 unspecified atom stereocenters. The molecule has 0 spiro atoms. The van der Waals surface area contributed by atoms with E-state index >= 15 is 0 Å². The normalized spacial score (nSPS) is 26.8. The maximum atomic E-state index is 12.5. The summed E-state index contributed by atoms with van der Waals surface area (Å²) in [4.78, 5) is 25.2. The fourth-order valence-corrected chi connectivity index (χ4v) is 4.35. The van der Waals surface area contributed by atoms with E-state index < -0.39 is 4.75 Å². The van der Waals surface area contributed by atoms with Gasteiger partial charge in [0.1, 0.15) is 4.75 Å². The highest BCUT2D eigenvalue weighted by Crippen LogP contribution is 2.49. The van der Waals surface area contributed by atoms with Crippen molar-refractivity contribution >= 4 is 23.3 Å². The van der Waals surface area contributed by atoms with Gasteiger partial charge in [0.25, 0.3) is 0 Å². The first kappa shape index (κ1) is 12.7. The standard InChI is InChI=1S/C16H16O2S/c17-13-9-10-16(19-14-6-2-1-3-7-14)12(11-13)5-4-8-15(16)18/h1-3,6-7,11H,4-5,8-10H2/t16-/m0/s1. The van der Waals surface area contributed by atoms with Gasteiger partial charge in [-0.25, -0.2) is 0 Å². The minimum Gasteiger partial charge on any atom is -0.298 e. The van der Waals surface area contributed by atoms with Crippen LogP contribution in [-0.4, -0.2) is 16.3 Å². The summed E-state index contributed by atoms with van der Waals surface area (Å²) >= 11 is 1.64. The van der Waals surface area contributed by atoms with E-state index in [9.17, 15) is 9.59 Å². The van der Waals surface area contributed by atoms with Crippen molar-refractivity contribution in [1.29, 1.82) is 0 Å². The van der Waals surface area contributed by atoms with Gasteiger partial charge in [0.15, 0.2) is 11.6 Å². The quantitative estimate of drug-likeness (QED) is 0.825. The highest BCUT2D eigenvalue weighted by molar-refractivity contribution is 8.01. The maximum Gasteiger partial charge on any atom is 0.155 e. The van der Waals surface area contributed by atoms with Crippen molar-refractivity contribution in [3.8, 4) is 0 Å². The smallest absolute Gasteiger partial charge is 0.155 e. The molecule has 98 valence electrons. The van der Waals surface area contributed by atoms with Crippen LogP contribution in [0.25, 0.3) is 0 Å². The molecule has 2 aliphatic carbocycles. The monoisotopic (exact) mass is 272 g/mol. The van der Waals surface area contributed by atoms with Crippen LogP contribution in [0.15, 0.2) is 46.9 Å². The number of hydrogen-bond acceptors (Lipinski definition) is 3. The van der Waals surface area contributed by atoms with Crippen molar-refractivity contribution in [2.75, 3.05) is 0 Å². The first-order valence-corrected chi connectivity index (χ1v) is 7.54. The number of hydrogen-bond donors (Lipinski definition) is 0. The highest BCUT2D eigenvalue weighted by atomic mass is 32.2. The van der Waals surface area contributed by atoms with Crippen LogP contribution < -0.4 is 0 Å². The zero-order valence-electron chi connectivity index (χ0n) is 10.7. The third-order valence-corrected chi connectivity index (χ3v) is 5.46. The van der Waals surface area contributed by atoms with Gasteiger partial charge in [0, 0.05) is 17.7 Å². The summed E-state index contributed by atoms with van der Waals surface area (Å²) in [6.07, 6.45) is 5.30. The molecule has 0 bridgehead atoms. The van der Waals surface area contributed by atoms with Crippen LogP contribution in [0.1, 0.15) is 32.1 Å². The number of benzene rings is 1. The Hall–Kier alpha value is -1.35. The molecule has 1 atom stereocenters. The van der Waals surface area contributed by atoms with Crippen molar-refractivity contribution in [2.24, 2.45) is 0 Å². The molecule has 1 saturated carbocycles. The van der Waals surface area contributed by atoms with E-state index in [1.807, 2.05) is 30.3 Å². The van der Waals surface area contributed by atoms with Crippen molar-refractivity contribution in [3.05, 3.63) is 42.0 Å². The summed E-state index contributed by atoms with van der Waals surface area (Å²) in [6, 6.07) is 10.0. The molecule has 0 radical (unpaired) electrons. The van der Waals surface area contributed by atoms with Crippen molar-refractivity contribution in [2.45, 2.75) is 41.7 Å². The lowest BCUT2D eigenvalue weighted by molar-refractivity contribution is -0.122. The Morgan fingerprint density at radius 2 is 1.79 bits per heavy atom. The average Bonchev–Trinajstić information content (AvgIpc) is 2.42. The van der Waals surface area contributed by atoms with Gasteiger partial charge in [-0.3, -0.25) is 9.59 Å². The Balaban J connectivity index is 1.99. The van der Waals surface area contributed by atoms with Gasteiger partial charge in [0.05, 0.1) is 0 Å². The molecule has 2 nitrogen and oxygen atoms in total. The molecule has 0 heterocycles.